The number of carbonyl (C=O) groups excluding carboxylic acids is 2. The molecule has 0 bridgehead atoms. The molecule has 0 spiro atoms. The topological polar surface area (TPSA) is 80.1 Å². The normalized spacial score (nSPS) is 16.3. The predicted octanol–water partition coefficient (Wildman–Crippen LogP) is 2.09. The van der Waals surface area contributed by atoms with Crippen LogP contribution < -0.4 is 5.32 Å². The van der Waals surface area contributed by atoms with Crippen molar-refractivity contribution >= 4 is 11.8 Å². The van der Waals surface area contributed by atoms with Crippen molar-refractivity contribution in [3.8, 4) is 0 Å². The van der Waals surface area contributed by atoms with Gasteiger partial charge in [-0.1, -0.05) is 19.9 Å². The zero-order valence-electron chi connectivity index (χ0n) is 16.2. The lowest BCUT2D eigenvalue weighted by Crippen LogP contribution is -2.41. The Morgan fingerprint density at radius 1 is 1.26 bits per heavy atom. The summed E-state index contributed by atoms with van der Waals surface area (Å²) in [5.41, 5.74) is 1.55. The first-order chi connectivity index (χ1) is 12.9. The van der Waals surface area contributed by atoms with Gasteiger partial charge in [0.05, 0.1) is 30.4 Å². The van der Waals surface area contributed by atoms with Gasteiger partial charge >= 0.3 is 0 Å². The lowest BCUT2D eigenvalue weighted by Gasteiger charge is -2.34. The van der Waals surface area contributed by atoms with E-state index < -0.39 is 0 Å². The molecule has 27 heavy (non-hydrogen) atoms. The maximum Gasteiger partial charge on any atom is 0.226 e. The molecule has 2 aromatic heterocycles. The van der Waals surface area contributed by atoms with Crippen LogP contribution in [0.25, 0.3) is 0 Å². The van der Waals surface area contributed by atoms with E-state index in [0.29, 0.717) is 32.0 Å². The summed E-state index contributed by atoms with van der Waals surface area (Å²) in [6.07, 6.45) is 4.41. The van der Waals surface area contributed by atoms with Crippen molar-refractivity contribution in [2.45, 2.75) is 52.7 Å². The Hall–Kier alpha value is -2.70. The smallest absolute Gasteiger partial charge is 0.226 e. The lowest BCUT2D eigenvalue weighted by molar-refractivity contribution is -0.135. The van der Waals surface area contributed by atoms with Crippen LogP contribution in [0.2, 0.25) is 0 Å². The molecule has 3 heterocycles. The number of nitrogens with one attached hydrogen (secondary N) is 1. The van der Waals surface area contributed by atoms with Crippen molar-refractivity contribution in [2.75, 3.05) is 6.54 Å². The highest BCUT2D eigenvalue weighted by molar-refractivity contribution is 5.78. The Bertz CT molecular complexity index is 800. The molecule has 1 N–H and O–H groups in total. The molecule has 1 aliphatic heterocycles. The van der Waals surface area contributed by atoms with Gasteiger partial charge in [0.1, 0.15) is 5.82 Å². The molecule has 7 nitrogen and oxygen atoms in total. The molecule has 0 aromatic carbocycles. The second-order valence-electron chi connectivity index (χ2n) is 7.42. The summed E-state index contributed by atoms with van der Waals surface area (Å²) in [6.45, 7) is 7.90. The summed E-state index contributed by atoms with van der Waals surface area (Å²) >= 11 is 0. The first-order valence-electron chi connectivity index (χ1n) is 9.46. The average molecular weight is 369 g/mol. The number of nitrogens with zero attached hydrogens (tertiary/aromatic N) is 4. The van der Waals surface area contributed by atoms with Crippen LogP contribution in [0.5, 0.6) is 0 Å². The molecule has 0 fully saturated rings. The molecule has 0 radical (unpaired) electrons. The van der Waals surface area contributed by atoms with Gasteiger partial charge in [0.25, 0.3) is 0 Å². The van der Waals surface area contributed by atoms with E-state index in [-0.39, 0.29) is 24.3 Å². The van der Waals surface area contributed by atoms with Crippen molar-refractivity contribution in [1.82, 2.24) is 24.8 Å². The van der Waals surface area contributed by atoms with Gasteiger partial charge in [-0.15, -0.1) is 0 Å². The van der Waals surface area contributed by atoms with Crippen LogP contribution in [0.15, 0.2) is 30.6 Å². The highest BCUT2D eigenvalue weighted by Gasteiger charge is 2.29. The molecule has 7 heteroatoms. The minimum atomic E-state index is -0.0866. The molecule has 144 valence electrons. The third-order valence-corrected chi connectivity index (χ3v) is 4.72. The minimum absolute atomic E-state index is 0.0738. The molecule has 0 saturated heterocycles. The average Bonchev–Trinajstić information content (AvgIpc) is 3.04. The highest BCUT2D eigenvalue weighted by Crippen LogP contribution is 2.26. The molecule has 2 amide bonds. The summed E-state index contributed by atoms with van der Waals surface area (Å²) in [5.74, 6) is 1.27. The number of rotatable bonds is 6. The van der Waals surface area contributed by atoms with Gasteiger partial charge in [0, 0.05) is 31.9 Å². The fourth-order valence-corrected chi connectivity index (χ4v) is 3.36. The van der Waals surface area contributed by atoms with E-state index in [4.69, 9.17) is 0 Å². The number of amides is 2. The zero-order valence-corrected chi connectivity index (χ0v) is 16.2. The summed E-state index contributed by atoms with van der Waals surface area (Å²) in [5, 5.41) is 2.87. The van der Waals surface area contributed by atoms with Gasteiger partial charge in [0.2, 0.25) is 11.8 Å². The van der Waals surface area contributed by atoms with Crippen molar-refractivity contribution in [3.05, 3.63) is 47.8 Å². The third-order valence-electron chi connectivity index (χ3n) is 4.72. The van der Waals surface area contributed by atoms with E-state index in [1.54, 1.807) is 6.20 Å². The number of hydrogen-bond donors (Lipinski definition) is 1. The van der Waals surface area contributed by atoms with E-state index in [1.807, 2.05) is 36.2 Å². The summed E-state index contributed by atoms with van der Waals surface area (Å²) < 4.78 is 2.06. The molecule has 0 aliphatic carbocycles. The van der Waals surface area contributed by atoms with E-state index in [2.05, 4.69) is 33.7 Å². The number of pyridine rings is 1. The highest BCUT2D eigenvalue weighted by atomic mass is 16.2. The Balaban J connectivity index is 1.60. The van der Waals surface area contributed by atoms with Crippen molar-refractivity contribution in [3.63, 3.8) is 0 Å². The summed E-state index contributed by atoms with van der Waals surface area (Å²) in [4.78, 5) is 35.4. The van der Waals surface area contributed by atoms with E-state index in [9.17, 15) is 9.59 Å². The Morgan fingerprint density at radius 2 is 2.07 bits per heavy atom. The number of hydrogen-bond acceptors (Lipinski definition) is 4. The fraction of sp³-hybridized carbons (Fsp3) is 0.500. The summed E-state index contributed by atoms with van der Waals surface area (Å²) in [7, 11) is 0. The molecule has 1 unspecified atom stereocenters. The maximum absolute atomic E-state index is 12.5. The monoisotopic (exact) mass is 369 g/mol. The molecular weight excluding hydrogens is 342 g/mol. The van der Waals surface area contributed by atoms with Gasteiger partial charge in [-0.3, -0.25) is 14.6 Å². The zero-order chi connectivity index (χ0) is 19.4. The predicted molar refractivity (Wildman–Crippen MR) is 102 cm³/mol. The molecule has 2 aromatic rings. The number of aromatic nitrogens is 3. The van der Waals surface area contributed by atoms with E-state index >= 15 is 0 Å². The van der Waals surface area contributed by atoms with Gasteiger partial charge in [-0.05, 0) is 25.0 Å². The van der Waals surface area contributed by atoms with Gasteiger partial charge in [-0.25, -0.2) is 4.98 Å². The minimum Gasteiger partial charge on any atom is -0.350 e. The SMILES string of the molecule is CC(C)CC(=O)N1CCn2cc(CC(=O)NCc3ccccn3)nc2C1C. The number of carbonyl (C=O) groups is 2. The first-order valence-corrected chi connectivity index (χ1v) is 9.46. The third kappa shape index (κ3) is 4.72. The van der Waals surface area contributed by atoms with Crippen molar-refractivity contribution < 1.29 is 9.59 Å². The second-order valence-corrected chi connectivity index (χ2v) is 7.42. The van der Waals surface area contributed by atoms with Gasteiger partial charge in [0.15, 0.2) is 0 Å². The number of imidazole rings is 1. The first kappa shape index (κ1) is 19.1. The quantitative estimate of drug-likeness (QED) is 0.845. The van der Waals surface area contributed by atoms with Crippen LogP contribution in [0.4, 0.5) is 0 Å². The molecule has 1 atom stereocenters. The standard InChI is InChI=1S/C20H27N5O2/c1-14(2)10-19(27)25-9-8-24-13-17(23-20(24)15(25)3)11-18(26)22-12-16-6-4-5-7-21-16/h4-7,13-15H,8-12H2,1-3H3,(H,22,26). The van der Waals surface area contributed by atoms with Crippen LogP contribution in [0.1, 0.15) is 50.4 Å². The second kappa shape index (κ2) is 8.33. The van der Waals surface area contributed by atoms with Crippen molar-refractivity contribution in [2.24, 2.45) is 5.92 Å². The van der Waals surface area contributed by atoms with E-state index in [0.717, 1.165) is 17.2 Å². The summed E-state index contributed by atoms with van der Waals surface area (Å²) in [6, 6.07) is 5.54. The van der Waals surface area contributed by atoms with E-state index in [1.165, 1.54) is 0 Å². The van der Waals surface area contributed by atoms with Crippen LogP contribution >= 0.6 is 0 Å². The van der Waals surface area contributed by atoms with Gasteiger partial charge < -0.3 is 14.8 Å². The molecule has 0 saturated carbocycles. The van der Waals surface area contributed by atoms with Crippen LogP contribution in [0.3, 0.4) is 0 Å². The Morgan fingerprint density at radius 3 is 2.78 bits per heavy atom. The molecule has 3 rings (SSSR count). The van der Waals surface area contributed by atoms with Crippen LogP contribution in [-0.2, 0) is 29.1 Å². The molecule has 1 aliphatic rings. The van der Waals surface area contributed by atoms with Gasteiger partial charge in [-0.2, -0.15) is 0 Å². The largest absolute Gasteiger partial charge is 0.350 e. The lowest BCUT2D eigenvalue weighted by atomic mass is 10.1. The number of fused-ring (bicyclic) bond motifs is 1. The van der Waals surface area contributed by atoms with Crippen LogP contribution in [0, 0.1) is 5.92 Å². The van der Waals surface area contributed by atoms with Crippen LogP contribution in [-0.4, -0.2) is 37.8 Å². The maximum atomic E-state index is 12.5. The Labute approximate surface area is 159 Å². The Kier molecular flexibility index (Phi) is 5.88. The molecular formula is C20H27N5O2. The fourth-order valence-electron chi connectivity index (χ4n) is 3.36. The van der Waals surface area contributed by atoms with Crippen molar-refractivity contribution in [1.29, 1.82) is 0 Å².